The van der Waals surface area contributed by atoms with Crippen LogP contribution >= 0.6 is 23.4 Å². The molecule has 0 saturated heterocycles. The molecule has 0 bridgehead atoms. The predicted octanol–water partition coefficient (Wildman–Crippen LogP) is 1.90. The quantitative estimate of drug-likeness (QED) is 0.828. The normalized spacial score (nSPS) is 12.6. The molecule has 0 radical (unpaired) electrons. The Bertz CT molecular complexity index is 646. The lowest BCUT2D eigenvalue weighted by molar-refractivity contribution is -0.00000415. The summed E-state index contributed by atoms with van der Waals surface area (Å²) in [6, 6.07) is 14.8. The first-order valence-electron chi connectivity index (χ1n) is 7.14. The molecule has 0 saturated carbocycles. The van der Waals surface area contributed by atoms with Gasteiger partial charge in [0.25, 0.3) is 0 Å². The van der Waals surface area contributed by atoms with Crippen molar-refractivity contribution in [2.24, 2.45) is 0 Å². The van der Waals surface area contributed by atoms with Gasteiger partial charge in [0, 0.05) is 21.4 Å². The standard InChI is InChI=1S/C17H19ClN2S.ClH/c1-19(2)10-5-11-20-14-6-3-4-7-16(14)21-17-9-8-13(18)12-15(17)20;/h3-4,6-9,12H,5,10-11H2,1-2H3;1H/p-1. The third-order valence-corrected chi connectivity index (χ3v) is 4.94. The van der Waals surface area contributed by atoms with E-state index in [4.69, 9.17) is 11.6 Å². The van der Waals surface area contributed by atoms with E-state index in [1.807, 2.05) is 17.8 Å². The van der Waals surface area contributed by atoms with E-state index < -0.39 is 0 Å². The smallest absolute Gasteiger partial charge is 0.0567 e. The highest BCUT2D eigenvalue weighted by Crippen LogP contribution is 2.48. The molecule has 2 nitrogen and oxygen atoms in total. The largest absolute Gasteiger partial charge is 1.00 e. The fourth-order valence-electron chi connectivity index (χ4n) is 2.59. The molecule has 3 rings (SSSR count). The number of nitrogens with zero attached hydrogens (tertiary/aromatic N) is 2. The molecule has 22 heavy (non-hydrogen) atoms. The Morgan fingerprint density at radius 3 is 2.55 bits per heavy atom. The summed E-state index contributed by atoms with van der Waals surface area (Å²) in [6.07, 6.45) is 1.12. The molecule has 0 aromatic heterocycles. The van der Waals surface area contributed by atoms with E-state index in [1.165, 1.54) is 21.2 Å². The third-order valence-electron chi connectivity index (χ3n) is 3.57. The van der Waals surface area contributed by atoms with Gasteiger partial charge in [0.15, 0.2) is 0 Å². The molecule has 5 heteroatoms. The molecule has 0 N–H and O–H groups in total. The summed E-state index contributed by atoms with van der Waals surface area (Å²) in [5.41, 5.74) is 2.51. The van der Waals surface area contributed by atoms with Gasteiger partial charge in [-0.25, -0.2) is 0 Å². The predicted molar refractivity (Wildman–Crippen MR) is 92.2 cm³/mol. The van der Waals surface area contributed by atoms with Crippen molar-refractivity contribution in [3.8, 4) is 0 Å². The SMILES string of the molecule is CN(C)CCCN1c2ccccc2Sc2ccc(Cl)cc21.[Cl-]. The minimum atomic E-state index is 0. The topological polar surface area (TPSA) is 6.48 Å². The average Bonchev–Trinajstić information content (AvgIpc) is 2.46. The molecular weight excluding hydrogens is 335 g/mol. The Morgan fingerprint density at radius 1 is 1.05 bits per heavy atom. The minimum absolute atomic E-state index is 0. The summed E-state index contributed by atoms with van der Waals surface area (Å²) in [6.45, 7) is 2.09. The highest BCUT2D eigenvalue weighted by atomic mass is 35.5. The van der Waals surface area contributed by atoms with Gasteiger partial charge in [-0.2, -0.15) is 0 Å². The van der Waals surface area contributed by atoms with Crippen LogP contribution in [0.2, 0.25) is 5.02 Å². The second kappa shape index (κ2) is 7.60. The second-order valence-electron chi connectivity index (χ2n) is 5.49. The average molecular weight is 354 g/mol. The molecule has 0 amide bonds. The van der Waals surface area contributed by atoms with Gasteiger partial charge in [0.1, 0.15) is 0 Å². The van der Waals surface area contributed by atoms with Crippen molar-refractivity contribution in [1.82, 2.24) is 4.90 Å². The van der Waals surface area contributed by atoms with E-state index in [1.54, 1.807) is 0 Å². The molecule has 0 fully saturated rings. The fraction of sp³-hybridized carbons (Fsp3) is 0.294. The highest BCUT2D eigenvalue weighted by Gasteiger charge is 2.22. The Kier molecular flexibility index (Phi) is 6.04. The molecule has 0 aliphatic carbocycles. The first-order chi connectivity index (χ1) is 10.1. The monoisotopic (exact) mass is 353 g/mol. The van der Waals surface area contributed by atoms with Crippen LogP contribution in [0.5, 0.6) is 0 Å². The van der Waals surface area contributed by atoms with Crippen molar-refractivity contribution in [3.63, 3.8) is 0 Å². The van der Waals surface area contributed by atoms with Crippen molar-refractivity contribution in [3.05, 3.63) is 47.5 Å². The maximum absolute atomic E-state index is 6.21. The van der Waals surface area contributed by atoms with Gasteiger partial charge >= 0.3 is 0 Å². The summed E-state index contributed by atoms with van der Waals surface area (Å²) in [5.74, 6) is 0. The van der Waals surface area contributed by atoms with Crippen molar-refractivity contribution in [1.29, 1.82) is 0 Å². The number of anilines is 2. The molecule has 1 aliphatic rings. The molecule has 118 valence electrons. The number of benzene rings is 2. The van der Waals surface area contributed by atoms with Crippen LogP contribution in [0.3, 0.4) is 0 Å². The Morgan fingerprint density at radius 2 is 1.77 bits per heavy atom. The van der Waals surface area contributed by atoms with Gasteiger partial charge < -0.3 is 22.2 Å². The Balaban J connectivity index is 0.00000176. The Labute approximate surface area is 147 Å². The molecule has 1 aliphatic heterocycles. The molecule has 1 heterocycles. The van der Waals surface area contributed by atoms with Gasteiger partial charge in [-0.1, -0.05) is 35.5 Å². The summed E-state index contributed by atoms with van der Waals surface area (Å²) in [4.78, 5) is 7.22. The zero-order valence-corrected chi connectivity index (χ0v) is 15.0. The van der Waals surface area contributed by atoms with Crippen molar-refractivity contribution in [2.75, 3.05) is 32.1 Å². The lowest BCUT2D eigenvalue weighted by Crippen LogP contribution is -3.00. The summed E-state index contributed by atoms with van der Waals surface area (Å²) < 4.78 is 0. The van der Waals surface area contributed by atoms with Crippen molar-refractivity contribution < 1.29 is 12.4 Å². The maximum Gasteiger partial charge on any atom is 0.0567 e. The van der Waals surface area contributed by atoms with Crippen LogP contribution in [-0.4, -0.2) is 32.1 Å². The highest BCUT2D eigenvalue weighted by molar-refractivity contribution is 7.99. The van der Waals surface area contributed by atoms with E-state index in [2.05, 4.69) is 60.3 Å². The number of hydrogen-bond acceptors (Lipinski definition) is 3. The van der Waals surface area contributed by atoms with E-state index in [-0.39, 0.29) is 12.4 Å². The number of rotatable bonds is 4. The molecule has 2 aromatic carbocycles. The summed E-state index contributed by atoms with van der Waals surface area (Å²) in [7, 11) is 4.23. The van der Waals surface area contributed by atoms with Gasteiger partial charge in [0.2, 0.25) is 0 Å². The Hall–Kier alpha value is -0.870. The number of fused-ring (bicyclic) bond motifs is 2. The van der Waals surface area contributed by atoms with E-state index >= 15 is 0 Å². The first-order valence-corrected chi connectivity index (χ1v) is 8.33. The lowest BCUT2D eigenvalue weighted by Gasteiger charge is -2.33. The number of halogens is 2. The molecule has 2 aromatic rings. The summed E-state index contributed by atoms with van der Waals surface area (Å²) >= 11 is 8.03. The lowest BCUT2D eigenvalue weighted by atomic mass is 10.2. The maximum atomic E-state index is 6.21. The minimum Gasteiger partial charge on any atom is -1.00 e. The zero-order chi connectivity index (χ0) is 14.8. The van der Waals surface area contributed by atoms with Crippen LogP contribution in [0, 0.1) is 0 Å². The van der Waals surface area contributed by atoms with Gasteiger partial charge in [-0.05, 0) is 57.4 Å². The van der Waals surface area contributed by atoms with Gasteiger partial charge in [-0.3, -0.25) is 0 Å². The van der Waals surface area contributed by atoms with Gasteiger partial charge in [-0.15, -0.1) is 0 Å². The zero-order valence-electron chi connectivity index (χ0n) is 12.7. The van der Waals surface area contributed by atoms with Crippen LogP contribution in [-0.2, 0) is 0 Å². The first kappa shape index (κ1) is 17.5. The molecule has 0 unspecified atom stereocenters. The van der Waals surface area contributed by atoms with Crippen molar-refractivity contribution >= 4 is 34.7 Å². The molecule has 0 spiro atoms. The number of para-hydroxylation sites is 1. The van der Waals surface area contributed by atoms with Crippen LogP contribution < -0.4 is 17.3 Å². The molecular formula is C17H19Cl2N2S-. The van der Waals surface area contributed by atoms with E-state index in [0.717, 1.165) is 24.5 Å². The van der Waals surface area contributed by atoms with E-state index in [0.29, 0.717) is 0 Å². The van der Waals surface area contributed by atoms with Crippen LogP contribution in [0.25, 0.3) is 0 Å². The third kappa shape index (κ3) is 3.72. The van der Waals surface area contributed by atoms with Crippen LogP contribution in [0.15, 0.2) is 52.3 Å². The fourth-order valence-corrected chi connectivity index (χ4v) is 3.83. The van der Waals surface area contributed by atoms with Crippen LogP contribution in [0.1, 0.15) is 6.42 Å². The molecule has 0 atom stereocenters. The van der Waals surface area contributed by atoms with Crippen LogP contribution in [0.4, 0.5) is 11.4 Å². The van der Waals surface area contributed by atoms with E-state index in [9.17, 15) is 0 Å². The van der Waals surface area contributed by atoms with Gasteiger partial charge in [0.05, 0.1) is 11.4 Å². The second-order valence-corrected chi connectivity index (χ2v) is 7.01. The summed E-state index contributed by atoms with van der Waals surface area (Å²) in [5, 5.41) is 0.798. The van der Waals surface area contributed by atoms with Crippen molar-refractivity contribution in [2.45, 2.75) is 16.2 Å². The number of hydrogen-bond donors (Lipinski definition) is 0.